The zero-order chi connectivity index (χ0) is 23.0. The summed E-state index contributed by atoms with van der Waals surface area (Å²) in [5, 5.41) is 11.2. The lowest BCUT2D eigenvalue weighted by molar-refractivity contribution is -0.132. The van der Waals surface area contributed by atoms with E-state index in [-0.39, 0.29) is 11.3 Å². The summed E-state index contributed by atoms with van der Waals surface area (Å²) >= 11 is 0. The summed E-state index contributed by atoms with van der Waals surface area (Å²) in [5.74, 6) is 0.0191. The van der Waals surface area contributed by atoms with Gasteiger partial charge in [-0.15, -0.1) is 0 Å². The van der Waals surface area contributed by atoms with Gasteiger partial charge in [0.25, 0.3) is 11.7 Å². The van der Waals surface area contributed by atoms with Crippen LogP contribution in [0.2, 0.25) is 0 Å². The first-order chi connectivity index (χ1) is 15.4. The van der Waals surface area contributed by atoms with Gasteiger partial charge in [0, 0.05) is 11.3 Å². The molecule has 1 aliphatic heterocycles. The predicted molar refractivity (Wildman–Crippen MR) is 119 cm³/mol. The molecule has 4 rings (SSSR count). The molecule has 7 nitrogen and oxygen atoms in total. The predicted octanol–water partition coefficient (Wildman–Crippen LogP) is 4.54. The first-order valence-electron chi connectivity index (χ1n) is 10.0. The van der Waals surface area contributed by atoms with Crippen molar-refractivity contribution in [2.24, 2.45) is 0 Å². The maximum Gasteiger partial charge on any atom is 0.300 e. The number of hydrogen-bond acceptors (Lipinski definition) is 6. The molecule has 1 amide bonds. The van der Waals surface area contributed by atoms with Crippen LogP contribution in [0.25, 0.3) is 5.76 Å². The van der Waals surface area contributed by atoms with Gasteiger partial charge >= 0.3 is 0 Å². The van der Waals surface area contributed by atoms with Gasteiger partial charge in [0.05, 0.1) is 19.8 Å². The third kappa shape index (κ3) is 3.41. The van der Waals surface area contributed by atoms with Crippen LogP contribution in [-0.2, 0) is 9.59 Å². The van der Waals surface area contributed by atoms with E-state index in [2.05, 4.69) is 0 Å². The summed E-state index contributed by atoms with van der Waals surface area (Å²) in [6.07, 6.45) is 0. The number of benzene rings is 2. The largest absolute Gasteiger partial charge is 0.507 e. The van der Waals surface area contributed by atoms with Gasteiger partial charge in [-0.3, -0.25) is 14.5 Å². The van der Waals surface area contributed by atoms with E-state index in [1.165, 1.54) is 19.1 Å². The number of anilines is 1. The van der Waals surface area contributed by atoms with Crippen molar-refractivity contribution in [3.05, 3.63) is 82.8 Å². The number of aliphatic hydroxyl groups excluding tert-OH is 1. The van der Waals surface area contributed by atoms with E-state index in [1.807, 2.05) is 19.1 Å². The average molecular weight is 433 g/mol. The van der Waals surface area contributed by atoms with Crippen LogP contribution in [0, 0.1) is 13.8 Å². The molecule has 7 heteroatoms. The number of methoxy groups -OCH3 is 2. The van der Waals surface area contributed by atoms with E-state index in [9.17, 15) is 14.7 Å². The molecule has 2 heterocycles. The van der Waals surface area contributed by atoms with Crippen LogP contribution in [0.3, 0.4) is 0 Å². The summed E-state index contributed by atoms with van der Waals surface area (Å²) in [7, 11) is 2.98. The fourth-order valence-electron chi connectivity index (χ4n) is 3.92. The number of ketones is 1. The van der Waals surface area contributed by atoms with Crippen LogP contribution < -0.4 is 14.4 Å². The second-order valence-corrected chi connectivity index (χ2v) is 7.47. The Morgan fingerprint density at radius 1 is 0.969 bits per heavy atom. The first-order valence-corrected chi connectivity index (χ1v) is 10.0. The summed E-state index contributed by atoms with van der Waals surface area (Å²) < 4.78 is 16.4. The van der Waals surface area contributed by atoms with Crippen LogP contribution in [-0.4, -0.2) is 31.0 Å². The number of hydrogen-bond donors (Lipinski definition) is 1. The molecule has 0 radical (unpaired) electrons. The Morgan fingerprint density at radius 2 is 1.69 bits per heavy atom. The molecule has 0 aliphatic carbocycles. The van der Waals surface area contributed by atoms with Gasteiger partial charge in [-0.25, -0.2) is 0 Å². The summed E-state index contributed by atoms with van der Waals surface area (Å²) in [4.78, 5) is 27.7. The Balaban J connectivity index is 1.95. The van der Waals surface area contributed by atoms with Gasteiger partial charge in [0.2, 0.25) is 0 Å². The molecule has 1 aromatic heterocycles. The van der Waals surface area contributed by atoms with E-state index >= 15 is 0 Å². The second kappa shape index (κ2) is 8.26. The molecular formula is C25H23NO6. The standard InChI is InChI=1S/C25H23NO6/c1-14-7-5-6-8-17(14)26-22(19-11-9-15(2)32-19)21(24(28)25(26)29)23(27)16-10-12-18(30-3)20(13-16)31-4/h5-13,22,27H,1-4H3/b23-21-. The number of para-hydroxylation sites is 1. The number of furan rings is 1. The van der Waals surface area contributed by atoms with Crippen molar-refractivity contribution in [3.63, 3.8) is 0 Å². The lowest BCUT2D eigenvalue weighted by Crippen LogP contribution is -2.29. The Labute approximate surface area is 185 Å². The molecular weight excluding hydrogens is 410 g/mol. The maximum absolute atomic E-state index is 13.2. The molecule has 0 bridgehead atoms. The second-order valence-electron chi connectivity index (χ2n) is 7.47. The van der Waals surface area contributed by atoms with Crippen molar-refractivity contribution in [2.75, 3.05) is 19.1 Å². The molecule has 1 unspecified atom stereocenters. The molecule has 32 heavy (non-hydrogen) atoms. The molecule has 3 aromatic rings. The molecule has 1 N–H and O–H groups in total. The summed E-state index contributed by atoms with van der Waals surface area (Å²) in [5.41, 5.74) is 1.65. The van der Waals surface area contributed by atoms with Crippen LogP contribution in [0.5, 0.6) is 11.5 Å². The van der Waals surface area contributed by atoms with Crippen molar-refractivity contribution >= 4 is 23.1 Å². The third-order valence-corrected chi connectivity index (χ3v) is 5.51. The minimum Gasteiger partial charge on any atom is -0.507 e. The Kier molecular flexibility index (Phi) is 5.48. The normalized spacial score (nSPS) is 17.6. The third-order valence-electron chi connectivity index (χ3n) is 5.51. The molecule has 164 valence electrons. The van der Waals surface area contributed by atoms with Gasteiger partial charge in [-0.1, -0.05) is 18.2 Å². The van der Waals surface area contributed by atoms with E-state index in [4.69, 9.17) is 13.9 Å². The van der Waals surface area contributed by atoms with Crippen LogP contribution >= 0.6 is 0 Å². The number of aliphatic hydroxyl groups is 1. The molecule has 0 spiro atoms. The highest BCUT2D eigenvalue weighted by Gasteiger charge is 2.48. The summed E-state index contributed by atoms with van der Waals surface area (Å²) in [6.45, 7) is 3.63. The SMILES string of the molecule is COc1ccc(/C(O)=C2/C(=O)C(=O)N(c3ccccc3C)C2c2ccc(C)o2)cc1OC. The van der Waals surface area contributed by atoms with E-state index in [0.717, 1.165) is 5.56 Å². The molecule has 0 saturated carbocycles. The Hall–Kier alpha value is -4.00. The number of amides is 1. The number of nitrogens with zero attached hydrogens (tertiary/aromatic N) is 1. The number of carbonyl (C=O) groups is 2. The lowest BCUT2D eigenvalue weighted by atomic mass is 9.98. The minimum absolute atomic E-state index is 0.0557. The highest BCUT2D eigenvalue weighted by atomic mass is 16.5. The average Bonchev–Trinajstić information content (AvgIpc) is 3.34. The zero-order valence-electron chi connectivity index (χ0n) is 18.2. The van der Waals surface area contributed by atoms with Crippen molar-refractivity contribution in [2.45, 2.75) is 19.9 Å². The van der Waals surface area contributed by atoms with Gasteiger partial charge in [0.1, 0.15) is 23.3 Å². The number of carbonyl (C=O) groups excluding carboxylic acids is 2. The smallest absolute Gasteiger partial charge is 0.300 e. The number of aryl methyl sites for hydroxylation is 2. The number of Topliss-reactive ketones (excluding diaryl/α,β-unsaturated/α-hetero) is 1. The quantitative estimate of drug-likeness (QED) is 0.361. The molecule has 2 aromatic carbocycles. The van der Waals surface area contributed by atoms with E-state index < -0.39 is 17.7 Å². The van der Waals surface area contributed by atoms with Crippen molar-refractivity contribution < 1.29 is 28.6 Å². The maximum atomic E-state index is 13.2. The molecule has 1 fully saturated rings. The van der Waals surface area contributed by atoms with E-state index in [1.54, 1.807) is 49.4 Å². The lowest BCUT2D eigenvalue weighted by Gasteiger charge is -2.25. The Bertz CT molecular complexity index is 1240. The monoisotopic (exact) mass is 433 g/mol. The highest BCUT2D eigenvalue weighted by molar-refractivity contribution is 6.51. The number of rotatable bonds is 5. The fraction of sp³-hybridized carbons (Fsp3) is 0.200. The van der Waals surface area contributed by atoms with E-state index in [0.29, 0.717) is 34.3 Å². The highest BCUT2D eigenvalue weighted by Crippen LogP contribution is 2.44. The molecule has 1 atom stereocenters. The van der Waals surface area contributed by atoms with Crippen molar-refractivity contribution in [3.8, 4) is 11.5 Å². The van der Waals surface area contributed by atoms with Gasteiger partial charge in [0.15, 0.2) is 11.5 Å². The minimum atomic E-state index is -0.919. The van der Waals surface area contributed by atoms with Crippen molar-refractivity contribution in [1.82, 2.24) is 0 Å². The topological polar surface area (TPSA) is 89.2 Å². The first kappa shape index (κ1) is 21.2. The van der Waals surface area contributed by atoms with Crippen LogP contribution in [0.1, 0.15) is 28.7 Å². The molecule has 1 aliphatic rings. The Morgan fingerprint density at radius 3 is 2.31 bits per heavy atom. The van der Waals surface area contributed by atoms with Gasteiger partial charge < -0.3 is 19.0 Å². The molecule has 1 saturated heterocycles. The van der Waals surface area contributed by atoms with Crippen LogP contribution in [0.4, 0.5) is 5.69 Å². The van der Waals surface area contributed by atoms with Gasteiger partial charge in [-0.05, 0) is 55.8 Å². The van der Waals surface area contributed by atoms with Crippen LogP contribution in [0.15, 0.2) is 64.6 Å². The van der Waals surface area contributed by atoms with Gasteiger partial charge in [-0.2, -0.15) is 0 Å². The number of ether oxygens (including phenoxy) is 2. The zero-order valence-corrected chi connectivity index (χ0v) is 18.2. The van der Waals surface area contributed by atoms with Crippen molar-refractivity contribution in [1.29, 1.82) is 0 Å². The summed E-state index contributed by atoms with van der Waals surface area (Å²) in [6, 6.07) is 14.6. The fourth-order valence-corrected chi connectivity index (χ4v) is 3.92.